The maximum Gasteiger partial charge on any atom is 0.242 e. The van der Waals surface area contributed by atoms with Gasteiger partial charge in [-0.25, -0.2) is 9.37 Å². The number of piperazine rings is 1. The third-order valence-electron chi connectivity index (χ3n) is 2.52. The summed E-state index contributed by atoms with van der Waals surface area (Å²) in [6.07, 6.45) is 1.01. The van der Waals surface area contributed by atoms with Gasteiger partial charge in [-0.2, -0.15) is 4.98 Å². The van der Waals surface area contributed by atoms with Crippen LogP contribution in [0.2, 0.25) is 0 Å². The highest BCUT2D eigenvalue weighted by Gasteiger charge is 2.28. The Morgan fingerprint density at radius 2 is 2.44 bits per heavy atom. The molecule has 3 N–H and O–H groups in total. The van der Waals surface area contributed by atoms with E-state index in [0.717, 1.165) is 6.20 Å². The second kappa shape index (κ2) is 3.92. The van der Waals surface area contributed by atoms with Crippen molar-refractivity contribution in [3.05, 3.63) is 12.0 Å². The van der Waals surface area contributed by atoms with E-state index in [9.17, 15) is 9.18 Å². The Kier molecular flexibility index (Phi) is 2.59. The van der Waals surface area contributed by atoms with E-state index in [2.05, 4.69) is 15.3 Å². The molecule has 1 aromatic heterocycles. The van der Waals surface area contributed by atoms with Crippen molar-refractivity contribution in [3.8, 4) is 0 Å². The Morgan fingerprint density at radius 1 is 1.69 bits per heavy atom. The van der Waals surface area contributed by atoms with Gasteiger partial charge in [0.1, 0.15) is 6.04 Å². The molecular formula is C9H12FN5O. The van der Waals surface area contributed by atoms with Crippen LogP contribution in [-0.4, -0.2) is 35.0 Å². The second-order valence-electron chi connectivity index (χ2n) is 3.56. The molecule has 7 heteroatoms. The standard InChI is InChI=1S/C9H12FN5O/c1-5-8(16)12-2-3-15(5)7-6(10)4-13-9(11)14-7/h4-5H,2-3H2,1H3,(H,12,16)(H2,11,13,14). The van der Waals surface area contributed by atoms with E-state index in [1.54, 1.807) is 11.8 Å². The first-order valence-electron chi connectivity index (χ1n) is 4.92. The minimum Gasteiger partial charge on any atom is -0.368 e. The highest BCUT2D eigenvalue weighted by Crippen LogP contribution is 2.19. The number of anilines is 2. The number of carbonyl (C=O) groups is 1. The highest BCUT2D eigenvalue weighted by molar-refractivity contribution is 5.85. The Balaban J connectivity index is 2.35. The molecule has 1 saturated heterocycles. The summed E-state index contributed by atoms with van der Waals surface area (Å²) >= 11 is 0. The lowest BCUT2D eigenvalue weighted by Gasteiger charge is -2.33. The predicted molar refractivity (Wildman–Crippen MR) is 56.2 cm³/mol. The summed E-state index contributed by atoms with van der Waals surface area (Å²) in [6, 6.07) is -0.461. The second-order valence-corrected chi connectivity index (χ2v) is 3.56. The maximum atomic E-state index is 13.5. The van der Waals surface area contributed by atoms with Crippen LogP contribution in [0.25, 0.3) is 0 Å². The van der Waals surface area contributed by atoms with Gasteiger partial charge >= 0.3 is 0 Å². The smallest absolute Gasteiger partial charge is 0.242 e. The van der Waals surface area contributed by atoms with Crippen molar-refractivity contribution in [1.82, 2.24) is 15.3 Å². The molecule has 1 fully saturated rings. The number of nitrogens with two attached hydrogens (primary N) is 1. The van der Waals surface area contributed by atoms with Gasteiger partial charge < -0.3 is 16.0 Å². The van der Waals surface area contributed by atoms with Gasteiger partial charge in [-0.3, -0.25) is 4.79 Å². The Labute approximate surface area is 91.7 Å². The Hall–Kier alpha value is -1.92. The fourth-order valence-electron chi connectivity index (χ4n) is 1.64. The van der Waals surface area contributed by atoms with Crippen molar-refractivity contribution >= 4 is 17.7 Å². The van der Waals surface area contributed by atoms with Gasteiger partial charge in [-0.1, -0.05) is 0 Å². The van der Waals surface area contributed by atoms with E-state index in [-0.39, 0.29) is 17.7 Å². The molecule has 16 heavy (non-hydrogen) atoms. The number of amides is 1. The van der Waals surface area contributed by atoms with E-state index in [1.165, 1.54) is 0 Å². The van der Waals surface area contributed by atoms with Gasteiger partial charge in [-0.05, 0) is 6.92 Å². The summed E-state index contributed by atoms with van der Waals surface area (Å²) < 4.78 is 13.5. The number of nitrogens with zero attached hydrogens (tertiary/aromatic N) is 3. The zero-order valence-electron chi connectivity index (χ0n) is 8.77. The number of hydrogen-bond donors (Lipinski definition) is 2. The third kappa shape index (κ3) is 1.75. The third-order valence-corrected chi connectivity index (χ3v) is 2.52. The molecule has 1 atom stereocenters. The van der Waals surface area contributed by atoms with Crippen LogP contribution < -0.4 is 16.0 Å². The van der Waals surface area contributed by atoms with Crippen molar-refractivity contribution in [2.24, 2.45) is 0 Å². The summed E-state index contributed by atoms with van der Waals surface area (Å²) in [7, 11) is 0. The van der Waals surface area contributed by atoms with Gasteiger partial charge in [0.05, 0.1) is 6.20 Å². The minimum atomic E-state index is -0.573. The number of hydrogen-bond acceptors (Lipinski definition) is 5. The number of nitrogen functional groups attached to an aromatic ring is 1. The fraction of sp³-hybridized carbons (Fsp3) is 0.444. The number of halogens is 1. The van der Waals surface area contributed by atoms with Crippen molar-refractivity contribution < 1.29 is 9.18 Å². The fourth-order valence-corrected chi connectivity index (χ4v) is 1.64. The van der Waals surface area contributed by atoms with E-state index >= 15 is 0 Å². The lowest BCUT2D eigenvalue weighted by molar-refractivity contribution is -0.122. The number of nitrogens with one attached hydrogen (secondary N) is 1. The minimum absolute atomic E-state index is 0.00502. The van der Waals surface area contributed by atoms with Crippen molar-refractivity contribution in [1.29, 1.82) is 0 Å². The molecule has 0 saturated carbocycles. The monoisotopic (exact) mass is 225 g/mol. The number of rotatable bonds is 1. The zero-order chi connectivity index (χ0) is 11.7. The first kappa shape index (κ1) is 10.6. The Morgan fingerprint density at radius 3 is 3.19 bits per heavy atom. The summed E-state index contributed by atoms with van der Waals surface area (Å²) in [4.78, 5) is 20.4. The molecule has 1 amide bonds. The molecule has 2 heterocycles. The largest absolute Gasteiger partial charge is 0.368 e. The lowest BCUT2D eigenvalue weighted by atomic mass is 10.2. The predicted octanol–water partition coefficient (Wildman–Crippen LogP) is -0.477. The highest BCUT2D eigenvalue weighted by atomic mass is 19.1. The molecule has 0 spiro atoms. The maximum absolute atomic E-state index is 13.5. The van der Waals surface area contributed by atoms with Gasteiger partial charge in [-0.15, -0.1) is 0 Å². The van der Waals surface area contributed by atoms with Crippen molar-refractivity contribution in [2.75, 3.05) is 23.7 Å². The van der Waals surface area contributed by atoms with Gasteiger partial charge in [0, 0.05) is 13.1 Å². The Bertz CT molecular complexity index is 424. The number of aromatic nitrogens is 2. The van der Waals surface area contributed by atoms with Crippen molar-refractivity contribution in [2.45, 2.75) is 13.0 Å². The van der Waals surface area contributed by atoms with Crippen LogP contribution in [0.1, 0.15) is 6.92 Å². The van der Waals surface area contributed by atoms with Gasteiger partial charge in [0.2, 0.25) is 11.9 Å². The van der Waals surface area contributed by atoms with Crippen LogP contribution in [0, 0.1) is 5.82 Å². The van der Waals surface area contributed by atoms with Crippen LogP contribution >= 0.6 is 0 Å². The first-order valence-corrected chi connectivity index (χ1v) is 4.92. The van der Waals surface area contributed by atoms with Crippen molar-refractivity contribution in [3.63, 3.8) is 0 Å². The van der Waals surface area contributed by atoms with Crippen LogP contribution in [0.5, 0.6) is 0 Å². The number of carbonyl (C=O) groups excluding carboxylic acids is 1. The average molecular weight is 225 g/mol. The van der Waals surface area contributed by atoms with E-state index < -0.39 is 11.9 Å². The summed E-state index contributed by atoms with van der Waals surface area (Å²) in [5, 5.41) is 2.69. The molecule has 0 bridgehead atoms. The summed E-state index contributed by atoms with van der Waals surface area (Å²) in [5.74, 6) is -0.650. The van der Waals surface area contributed by atoms with Crippen LogP contribution in [0.3, 0.4) is 0 Å². The molecule has 1 unspecified atom stereocenters. The first-order chi connectivity index (χ1) is 7.59. The average Bonchev–Trinajstić information content (AvgIpc) is 2.26. The molecule has 0 aliphatic carbocycles. The van der Waals surface area contributed by atoms with Gasteiger partial charge in [0.25, 0.3) is 0 Å². The molecule has 2 rings (SSSR count). The van der Waals surface area contributed by atoms with E-state index in [4.69, 9.17) is 5.73 Å². The summed E-state index contributed by atoms with van der Waals surface area (Å²) in [5.41, 5.74) is 5.40. The topological polar surface area (TPSA) is 84.1 Å². The normalized spacial score (nSPS) is 20.8. The molecule has 0 aromatic carbocycles. The van der Waals surface area contributed by atoms with Gasteiger partial charge in [0.15, 0.2) is 11.6 Å². The molecule has 6 nitrogen and oxygen atoms in total. The van der Waals surface area contributed by atoms with Crippen LogP contribution in [-0.2, 0) is 4.79 Å². The molecule has 1 aromatic rings. The molecular weight excluding hydrogens is 213 g/mol. The molecule has 1 aliphatic heterocycles. The lowest BCUT2D eigenvalue weighted by Crippen LogP contribution is -2.54. The van der Waals surface area contributed by atoms with E-state index in [1.807, 2.05) is 0 Å². The van der Waals surface area contributed by atoms with E-state index in [0.29, 0.717) is 13.1 Å². The SMILES string of the molecule is CC1C(=O)NCCN1c1nc(N)ncc1F. The quantitative estimate of drug-likeness (QED) is 0.674. The zero-order valence-corrected chi connectivity index (χ0v) is 8.77. The molecule has 86 valence electrons. The molecule has 0 radical (unpaired) electrons. The van der Waals surface area contributed by atoms with Crippen LogP contribution in [0.15, 0.2) is 6.20 Å². The summed E-state index contributed by atoms with van der Waals surface area (Å²) in [6.45, 7) is 2.65. The molecule has 1 aliphatic rings. The van der Waals surface area contributed by atoms with Crippen LogP contribution in [0.4, 0.5) is 16.2 Å².